The fourth-order valence-corrected chi connectivity index (χ4v) is 6.91. The summed E-state index contributed by atoms with van der Waals surface area (Å²) in [6.45, 7) is 8.13. The number of hydrogen-bond donors (Lipinski definition) is 1. The quantitative estimate of drug-likeness (QED) is 0.360. The van der Waals surface area contributed by atoms with E-state index in [0.29, 0.717) is 12.0 Å². The molecule has 0 aromatic heterocycles. The molecule has 0 saturated carbocycles. The van der Waals surface area contributed by atoms with E-state index in [1.165, 1.54) is 65.8 Å². The average molecular weight is 364 g/mol. The lowest BCUT2D eigenvalue weighted by Crippen LogP contribution is -2.63. The zero-order chi connectivity index (χ0) is 18.6. The first-order valence-corrected chi connectivity index (χ1v) is 10.8. The summed E-state index contributed by atoms with van der Waals surface area (Å²) < 4.78 is 1.24. The van der Waals surface area contributed by atoms with Gasteiger partial charge in [-0.15, -0.1) is 0 Å². The molecule has 1 N–H and O–H groups in total. The first kappa shape index (κ1) is 17.2. The zero-order valence-corrected chi connectivity index (χ0v) is 16.6. The van der Waals surface area contributed by atoms with Crippen molar-refractivity contribution in [3.8, 4) is 0 Å². The number of nitrogens with zero attached hydrogens (tertiary/aromatic N) is 1. The second-order valence-electron chi connectivity index (χ2n) is 9.04. The number of carbonyl (C=O) groups excluding carboxylic acids is 1. The number of fused-ring (bicyclic) bond motifs is 2. The third-order valence-electron chi connectivity index (χ3n) is 8.07. The van der Waals surface area contributed by atoms with E-state index in [2.05, 4.69) is 49.5 Å². The van der Waals surface area contributed by atoms with Gasteiger partial charge in [0.05, 0.1) is 18.5 Å². The summed E-state index contributed by atoms with van der Waals surface area (Å²) in [6.07, 6.45) is 9.70. The molecule has 5 rings (SSSR count). The lowest BCUT2D eigenvalue weighted by molar-refractivity contribution is -0.941. The van der Waals surface area contributed by atoms with Crippen LogP contribution < -0.4 is 5.32 Å². The number of hydrogen-bond acceptors (Lipinski definition) is 2. The van der Waals surface area contributed by atoms with Crippen LogP contribution in [0.1, 0.15) is 51.5 Å². The molecule has 2 saturated heterocycles. The predicted molar refractivity (Wildman–Crippen MR) is 109 cm³/mol. The van der Waals surface area contributed by atoms with E-state index in [1.54, 1.807) is 0 Å². The van der Waals surface area contributed by atoms with Crippen LogP contribution in [0.15, 0.2) is 47.2 Å². The lowest BCUT2D eigenvalue weighted by Gasteiger charge is -2.53. The Morgan fingerprint density at radius 1 is 1.30 bits per heavy atom. The second kappa shape index (κ2) is 6.07. The summed E-state index contributed by atoms with van der Waals surface area (Å²) in [5.74, 6) is 0.318. The van der Waals surface area contributed by atoms with Gasteiger partial charge in [0, 0.05) is 35.7 Å². The highest BCUT2D eigenvalue weighted by Crippen LogP contribution is 2.63. The predicted octanol–water partition coefficient (Wildman–Crippen LogP) is 4.56. The van der Waals surface area contributed by atoms with Crippen LogP contribution in [-0.4, -0.2) is 36.4 Å². The van der Waals surface area contributed by atoms with Crippen LogP contribution in [0.3, 0.4) is 0 Å². The van der Waals surface area contributed by atoms with Crippen LogP contribution >= 0.6 is 0 Å². The van der Waals surface area contributed by atoms with Gasteiger partial charge in [-0.05, 0) is 37.0 Å². The van der Waals surface area contributed by atoms with E-state index in [0.717, 1.165) is 24.8 Å². The molecule has 3 aliphatic heterocycles. The summed E-state index contributed by atoms with van der Waals surface area (Å²) in [5, 5.41) is 3.72. The number of allylic oxidation sites excluding steroid dienone is 2. The molecule has 0 amide bonds. The highest BCUT2D eigenvalue weighted by Gasteiger charge is 2.68. The van der Waals surface area contributed by atoms with Crippen LogP contribution in [-0.2, 0) is 10.2 Å². The van der Waals surface area contributed by atoms with Gasteiger partial charge < -0.3 is 9.80 Å². The summed E-state index contributed by atoms with van der Waals surface area (Å²) in [4.78, 5) is 12.2. The van der Waals surface area contributed by atoms with E-state index in [-0.39, 0.29) is 5.41 Å². The molecule has 3 nitrogen and oxygen atoms in total. The second-order valence-corrected chi connectivity index (χ2v) is 9.04. The molecule has 2 fully saturated rings. The Labute approximate surface area is 162 Å². The van der Waals surface area contributed by atoms with Gasteiger partial charge in [0.1, 0.15) is 18.9 Å². The van der Waals surface area contributed by atoms with Gasteiger partial charge in [-0.3, -0.25) is 4.79 Å². The number of para-hydroxylation sites is 1. The third-order valence-corrected chi connectivity index (χ3v) is 8.07. The fourth-order valence-electron chi connectivity index (χ4n) is 6.91. The van der Waals surface area contributed by atoms with Crippen molar-refractivity contribution in [3.05, 3.63) is 52.7 Å². The maximum Gasteiger partial charge on any atom is 0.148 e. The lowest BCUT2D eigenvalue weighted by atomic mass is 9.61. The largest absolute Gasteiger partial charge is 0.357 e. The minimum Gasteiger partial charge on any atom is -0.357 e. The van der Waals surface area contributed by atoms with Crippen molar-refractivity contribution >= 4 is 12.0 Å². The molecule has 27 heavy (non-hydrogen) atoms. The first-order chi connectivity index (χ1) is 13.2. The van der Waals surface area contributed by atoms with Crippen molar-refractivity contribution in [1.29, 1.82) is 0 Å². The van der Waals surface area contributed by atoms with Gasteiger partial charge in [-0.1, -0.05) is 37.6 Å². The van der Waals surface area contributed by atoms with E-state index in [1.807, 2.05) is 0 Å². The summed E-state index contributed by atoms with van der Waals surface area (Å²) in [6, 6.07) is 9.41. The summed E-state index contributed by atoms with van der Waals surface area (Å²) in [5.41, 5.74) is 6.48. The normalized spacial score (nSPS) is 37.2. The van der Waals surface area contributed by atoms with Crippen LogP contribution in [0.25, 0.3) is 0 Å². The monoisotopic (exact) mass is 363 g/mol. The van der Waals surface area contributed by atoms with E-state index in [4.69, 9.17) is 0 Å². The van der Waals surface area contributed by atoms with Crippen molar-refractivity contribution < 1.29 is 9.28 Å². The van der Waals surface area contributed by atoms with Crippen molar-refractivity contribution in [1.82, 2.24) is 0 Å². The zero-order valence-electron chi connectivity index (χ0n) is 16.6. The van der Waals surface area contributed by atoms with Crippen molar-refractivity contribution in [3.63, 3.8) is 0 Å². The smallest absolute Gasteiger partial charge is 0.148 e. The van der Waals surface area contributed by atoms with Crippen LogP contribution in [0, 0.1) is 5.92 Å². The molecule has 3 heteroatoms. The van der Waals surface area contributed by atoms with Crippen LogP contribution in [0.2, 0.25) is 0 Å². The molecule has 1 spiro atoms. The number of nitrogens with one attached hydrogen (secondary N) is 1. The number of unbranched alkanes of at least 4 members (excludes halogenated alkanes) is 2. The Morgan fingerprint density at radius 3 is 2.93 bits per heavy atom. The molecule has 142 valence electrons. The highest BCUT2D eigenvalue weighted by atomic mass is 16.1. The molecule has 2 bridgehead atoms. The minimum atomic E-state index is 0.0365. The Balaban J connectivity index is 1.71. The summed E-state index contributed by atoms with van der Waals surface area (Å²) in [7, 11) is 0. The SMILES string of the molecule is C/C=C1\C[N@+]2(CCCCC)CC[C@]34C(=C(C=O)[C@H]1C[C@@H]32)Nc1ccccc14. The van der Waals surface area contributed by atoms with Crippen molar-refractivity contribution in [2.24, 2.45) is 5.92 Å². The Morgan fingerprint density at radius 2 is 2.15 bits per heavy atom. The van der Waals surface area contributed by atoms with Gasteiger partial charge in [-0.2, -0.15) is 0 Å². The number of anilines is 1. The molecule has 0 unspecified atom stereocenters. The number of piperidine rings is 1. The molecule has 4 atom stereocenters. The topological polar surface area (TPSA) is 29.1 Å². The van der Waals surface area contributed by atoms with Gasteiger partial charge in [-0.25, -0.2) is 0 Å². The molecular weight excluding hydrogens is 332 g/mol. The first-order valence-electron chi connectivity index (χ1n) is 10.8. The van der Waals surface area contributed by atoms with E-state index < -0.39 is 0 Å². The Bertz CT molecular complexity index is 854. The van der Waals surface area contributed by atoms with Crippen LogP contribution in [0.4, 0.5) is 5.69 Å². The maximum absolute atomic E-state index is 12.2. The molecule has 1 aromatic carbocycles. The summed E-state index contributed by atoms with van der Waals surface area (Å²) >= 11 is 0. The molecular formula is C24H31N2O+. The van der Waals surface area contributed by atoms with Gasteiger partial charge in [0.25, 0.3) is 0 Å². The molecule has 1 aliphatic carbocycles. The van der Waals surface area contributed by atoms with Crippen molar-refractivity contribution in [2.75, 3.05) is 25.0 Å². The fraction of sp³-hybridized carbons (Fsp3) is 0.542. The van der Waals surface area contributed by atoms with Gasteiger partial charge in [0.15, 0.2) is 0 Å². The molecule has 3 heterocycles. The molecule has 1 aromatic rings. The number of carbonyl (C=O) groups is 1. The average Bonchev–Trinajstić information content (AvgIpc) is 3.22. The minimum absolute atomic E-state index is 0.0365. The van der Waals surface area contributed by atoms with E-state index in [9.17, 15) is 4.79 Å². The number of rotatable bonds is 5. The van der Waals surface area contributed by atoms with Gasteiger partial charge >= 0.3 is 0 Å². The molecule has 4 aliphatic rings. The van der Waals surface area contributed by atoms with Gasteiger partial charge in [0.2, 0.25) is 0 Å². The Hall–Kier alpha value is -1.87. The van der Waals surface area contributed by atoms with Crippen molar-refractivity contribution in [2.45, 2.75) is 57.4 Å². The number of quaternary nitrogens is 1. The maximum atomic E-state index is 12.2. The number of benzene rings is 1. The van der Waals surface area contributed by atoms with Crippen LogP contribution in [0.5, 0.6) is 0 Å². The Kier molecular flexibility index (Phi) is 3.87. The van der Waals surface area contributed by atoms with E-state index >= 15 is 0 Å². The number of aldehydes is 1. The highest BCUT2D eigenvalue weighted by molar-refractivity contribution is 5.84. The third kappa shape index (κ3) is 2.09. The standard InChI is InChI=1S/C24H30N2O/c1-3-5-8-12-26-13-11-24-20-9-6-7-10-21(20)25-23(24)19(16-27)18(14-22(24)26)17(4-2)15-26/h4,6-7,9-10,16,18,22H,3,5,8,11-15H2,1-2H3/p+1/b17-4+/t18-,22-,24+,26-/m0/s1. The molecule has 0 radical (unpaired) electrons.